The second kappa shape index (κ2) is 5.78. The van der Waals surface area contributed by atoms with E-state index in [4.69, 9.17) is 16.3 Å². The van der Waals surface area contributed by atoms with E-state index in [0.717, 1.165) is 6.42 Å². The van der Waals surface area contributed by atoms with E-state index < -0.39 is 5.97 Å². The van der Waals surface area contributed by atoms with Crippen molar-refractivity contribution in [2.75, 3.05) is 6.61 Å². The zero-order valence-corrected chi connectivity index (χ0v) is 11.9. The van der Waals surface area contributed by atoms with Crippen LogP contribution in [-0.4, -0.2) is 12.6 Å². The summed E-state index contributed by atoms with van der Waals surface area (Å²) in [4.78, 5) is 12.5. The number of rotatable bonds is 3. The van der Waals surface area contributed by atoms with Crippen LogP contribution in [0.15, 0.2) is 23.1 Å². The molecule has 0 heterocycles. The fourth-order valence-corrected chi connectivity index (χ4v) is 1.60. The zero-order valence-electron chi connectivity index (χ0n) is 10.3. The van der Waals surface area contributed by atoms with Crippen molar-refractivity contribution in [1.29, 1.82) is 0 Å². The summed E-state index contributed by atoms with van der Waals surface area (Å²) in [7, 11) is 0. The van der Waals surface area contributed by atoms with Crippen LogP contribution in [0.5, 0.6) is 0 Å². The highest BCUT2D eigenvalue weighted by Gasteiger charge is 2.15. The van der Waals surface area contributed by atoms with Gasteiger partial charge in [-0.15, -0.1) is 12.6 Å². The number of thiol groups is 1. The highest BCUT2D eigenvalue weighted by atomic mass is 35.5. The molecule has 0 radical (unpaired) electrons. The van der Waals surface area contributed by atoms with E-state index in [1.807, 2.05) is 0 Å². The van der Waals surface area contributed by atoms with Gasteiger partial charge in [-0.3, -0.25) is 0 Å². The van der Waals surface area contributed by atoms with Crippen LogP contribution in [0.3, 0.4) is 0 Å². The van der Waals surface area contributed by atoms with E-state index in [1.165, 1.54) is 0 Å². The van der Waals surface area contributed by atoms with Crippen LogP contribution in [0, 0.1) is 5.41 Å². The Morgan fingerprint density at radius 1 is 1.41 bits per heavy atom. The van der Waals surface area contributed by atoms with Crippen LogP contribution in [-0.2, 0) is 4.74 Å². The third kappa shape index (κ3) is 5.00. The average molecular weight is 273 g/mol. The van der Waals surface area contributed by atoms with E-state index in [9.17, 15) is 4.79 Å². The Balaban J connectivity index is 2.61. The molecular formula is C13H17ClO2S. The molecule has 1 rings (SSSR count). The first-order chi connectivity index (χ1) is 7.79. The van der Waals surface area contributed by atoms with Crippen LogP contribution >= 0.6 is 24.2 Å². The standard InChI is InChI=1S/C13H17ClO2S/c1-13(2,3)6-7-16-12(15)10-8-9(17)4-5-11(10)14/h4-5,8,17H,6-7H2,1-3H3. The van der Waals surface area contributed by atoms with Crippen LogP contribution in [0.25, 0.3) is 0 Å². The molecule has 0 aromatic heterocycles. The van der Waals surface area contributed by atoms with Gasteiger partial charge in [0.05, 0.1) is 17.2 Å². The number of esters is 1. The summed E-state index contributed by atoms with van der Waals surface area (Å²) in [6.07, 6.45) is 0.816. The molecule has 0 atom stereocenters. The normalized spacial score (nSPS) is 11.4. The predicted octanol–water partition coefficient (Wildman–Crippen LogP) is 4.22. The number of carbonyl (C=O) groups excluding carboxylic acids is 1. The summed E-state index contributed by atoms with van der Waals surface area (Å²) in [6.45, 7) is 6.70. The molecule has 0 aliphatic heterocycles. The van der Waals surface area contributed by atoms with Crippen molar-refractivity contribution < 1.29 is 9.53 Å². The Hall–Kier alpha value is -0.670. The van der Waals surface area contributed by atoms with Crippen molar-refractivity contribution >= 4 is 30.2 Å². The zero-order chi connectivity index (χ0) is 13.1. The molecule has 1 aromatic rings. The van der Waals surface area contributed by atoms with Crippen molar-refractivity contribution in [2.45, 2.75) is 32.1 Å². The lowest BCUT2D eigenvalue weighted by molar-refractivity contribution is 0.0465. The summed E-state index contributed by atoms with van der Waals surface area (Å²) in [5.41, 5.74) is 0.517. The van der Waals surface area contributed by atoms with Gasteiger partial charge in [-0.1, -0.05) is 32.4 Å². The summed E-state index contributed by atoms with van der Waals surface area (Å²) in [6, 6.07) is 4.99. The third-order valence-corrected chi connectivity index (χ3v) is 2.86. The van der Waals surface area contributed by atoms with E-state index >= 15 is 0 Å². The maximum atomic E-state index is 11.8. The third-order valence-electron chi connectivity index (χ3n) is 2.26. The van der Waals surface area contributed by atoms with Gasteiger partial charge >= 0.3 is 5.97 Å². The smallest absolute Gasteiger partial charge is 0.339 e. The molecule has 0 N–H and O–H groups in total. The molecular weight excluding hydrogens is 256 g/mol. The first-order valence-corrected chi connectivity index (χ1v) is 6.28. The largest absolute Gasteiger partial charge is 0.462 e. The fraction of sp³-hybridized carbons (Fsp3) is 0.462. The van der Waals surface area contributed by atoms with Crippen molar-refractivity contribution in [1.82, 2.24) is 0 Å². The van der Waals surface area contributed by atoms with Gasteiger partial charge in [-0.2, -0.15) is 0 Å². The summed E-state index contributed by atoms with van der Waals surface area (Å²) in [5, 5.41) is 0.392. The van der Waals surface area contributed by atoms with Gasteiger partial charge in [0, 0.05) is 4.90 Å². The highest BCUT2D eigenvalue weighted by molar-refractivity contribution is 7.80. The van der Waals surface area contributed by atoms with Crippen molar-refractivity contribution in [3.8, 4) is 0 Å². The SMILES string of the molecule is CC(C)(C)CCOC(=O)c1cc(S)ccc1Cl. The number of hydrogen-bond donors (Lipinski definition) is 1. The first-order valence-electron chi connectivity index (χ1n) is 5.45. The molecule has 0 bridgehead atoms. The Kier molecular flexibility index (Phi) is 4.90. The lowest BCUT2D eigenvalue weighted by atomic mass is 9.93. The molecule has 0 aliphatic carbocycles. The van der Waals surface area contributed by atoms with Crippen molar-refractivity contribution in [3.05, 3.63) is 28.8 Å². The number of hydrogen-bond acceptors (Lipinski definition) is 3. The molecule has 0 unspecified atom stereocenters. The molecule has 0 aliphatic rings. The maximum Gasteiger partial charge on any atom is 0.339 e. The van der Waals surface area contributed by atoms with Crippen molar-refractivity contribution in [2.24, 2.45) is 5.41 Å². The molecule has 0 spiro atoms. The number of carbonyl (C=O) groups is 1. The van der Waals surface area contributed by atoms with Crippen LogP contribution in [0.4, 0.5) is 0 Å². The summed E-state index contributed by atoms with van der Waals surface area (Å²) >= 11 is 10.1. The molecule has 2 nitrogen and oxygen atoms in total. The Morgan fingerprint density at radius 2 is 2.06 bits per heavy atom. The highest BCUT2D eigenvalue weighted by Crippen LogP contribution is 2.22. The minimum atomic E-state index is -0.393. The predicted molar refractivity (Wildman–Crippen MR) is 73.1 cm³/mol. The van der Waals surface area contributed by atoms with Gasteiger partial charge in [0.15, 0.2) is 0 Å². The number of benzene rings is 1. The van der Waals surface area contributed by atoms with Gasteiger partial charge in [0.2, 0.25) is 0 Å². The van der Waals surface area contributed by atoms with Gasteiger partial charge in [-0.05, 0) is 30.0 Å². The molecule has 0 fully saturated rings. The van der Waals surface area contributed by atoms with E-state index in [-0.39, 0.29) is 5.41 Å². The minimum Gasteiger partial charge on any atom is -0.462 e. The molecule has 17 heavy (non-hydrogen) atoms. The van der Waals surface area contributed by atoms with Crippen molar-refractivity contribution in [3.63, 3.8) is 0 Å². The van der Waals surface area contributed by atoms with Crippen LogP contribution in [0.1, 0.15) is 37.6 Å². The summed E-state index contributed by atoms with van der Waals surface area (Å²) in [5.74, 6) is -0.393. The monoisotopic (exact) mass is 272 g/mol. The minimum absolute atomic E-state index is 0.148. The second-order valence-electron chi connectivity index (χ2n) is 5.11. The maximum absolute atomic E-state index is 11.8. The molecule has 0 saturated carbocycles. The van der Waals surface area contributed by atoms with Gasteiger partial charge in [0.1, 0.15) is 0 Å². The van der Waals surface area contributed by atoms with Gasteiger partial charge < -0.3 is 4.74 Å². The fourth-order valence-electron chi connectivity index (χ4n) is 1.20. The Bertz CT molecular complexity index is 410. The number of halogens is 1. The van der Waals surface area contributed by atoms with Gasteiger partial charge in [-0.25, -0.2) is 4.79 Å². The first kappa shape index (κ1) is 14.4. The van der Waals surface area contributed by atoms with Crippen LogP contribution < -0.4 is 0 Å². The second-order valence-corrected chi connectivity index (χ2v) is 6.03. The Labute approximate surface area is 113 Å². The lowest BCUT2D eigenvalue weighted by Gasteiger charge is -2.17. The van der Waals surface area contributed by atoms with E-state index in [1.54, 1.807) is 18.2 Å². The topological polar surface area (TPSA) is 26.3 Å². The Morgan fingerprint density at radius 3 is 2.65 bits per heavy atom. The molecule has 1 aromatic carbocycles. The average Bonchev–Trinajstić information content (AvgIpc) is 2.19. The lowest BCUT2D eigenvalue weighted by Crippen LogP contribution is -2.13. The molecule has 4 heteroatoms. The quantitative estimate of drug-likeness (QED) is 0.659. The molecule has 0 saturated heterocycles. The van der Waals surface area contributed by atoms with E-state index in [0.29, 0.717) is 22.1 Å². The summed E-state index contributed by atoms with van der Waals surface area (Å²) < 4.78 is 5.18. The molecule has 0 amide bonds. The van der Waals surface area contributed by atoms with Crippen LogP contribution in [0.2, 0.25) is 5.02 Å². The molecule has 94 valence electrons. The van der Waals surface area contributed by atoms with E-state index in [2.05, 4.69) is 33.4 Å². The number of ether oxygens (including phenoxy) is 1. The van der Waals surface area contributed by atoms with Gasteiger partial charge in [0.25, 0.3) is 0 Å².